The predicted molar refractivity (Wildman–Crippen MR) is 76.3 cm³/mol. The number of nitrogens with one attached hydrogen (secondary N) is 1. The van der Waals surface area contributed by atoms with Crippen molar-refractivity contribution >= 4 is 11.6 Å². The number of fused-ring (bicyclic) bond motifs is 1. The molecule has 3 rings (SSSR count). The highest BCUT2D eigenvalue weighted by molar-refractivity contribution is 6.30. The summed E-state index contributed by atoms with van der Waals surface area (Å²) in [6.07, 6.45) is 3.92. The molecule has 1 heterocycles. The SMILES string of the molecule is Cc1nccc(CNC2Cc3ccc(Cl)cc3C2)n1. The van der Waals surface area contributed by atoms with Gasteiger partial charge in [0, 0.05) is 23.8 Å². The second kappa shape index (κ2) is 5.27. The maximum Gasteiger partial charge on any atom is 0.125 e. The van der Waals surface area contributed by atoms with Gasteiger partial charge in [-0.1, -0.05) is 17.7 Å². The number of hydrogen-bond donors (Lipinski definition) is 1. The maximum absolute atomic E-state index is 6.02. The van der Waals surface area contributed by atoms with Crippen LogP contribution in [-0.4, -0.2) is 16.0 Å². The van der Waals surface area contributed by atoms with Crippen LogP contribution in [0.15, 0.2) is 30.5 Å². The molecule has 4 heteroatoms. The Morgan fingerprint density at radius 1 is 1.26 bits per heavy atom. The Hall–Kier alpha value is -1.45. The van der Waals surface area contributed by atoms with Crippen LogP contribution < -0.4 is 5.32 Å². The largest absolute Gasteiger partial charge is 0.308 e. The molecule has 3 nitrogen and oxygen atoms in total. The van der Waals surface area contributed by atoms with E-state index in [4.69, 9.17) is 11.6 Å². The van der Waals surface area contributed by atoms with Gasteiger partial charge in [0.25, 0.3) is 0 Å². The summed E-state index contributed by atoms with van der Waals surface area (Å²) >= 11 is 6.02. The lowest BCUT2D eigenvalue weighted by molar-refractivity contribution is 0.526. The van der Waals surface area contributed by atoms with Gasteiger partial charge in [-0.2, -0.15) is 0 Å². The first-order valence-electron chi connectivity index (χ1n) is 6.50. The average molecular weight is 274 g/mol. The molecular weight excluding hydrogens is 258 g/mol. The number of aromatic nitrogens is 2. The van der Waals surface area contributed by atoms with Gasteiger partial charge in [0.1, 0.15) is 5.82 Å². The Morgan fingerprint density at radius 3 is 2.95 bits per heavy atom. The Kier molecular flexibility index (Phi) is 3.49. The molecule has 1 atom stereocenters. The van der Waals surface area contributed by atoms with Crippen molar-refractivity contribution in [1.29, 1.82) is 0 Å². The molecule has 0 radical (unpaired) electrons. The van der Waals surface area contributed by atoms with E-state index >= 15 is 0 Å². The molecule has 0 bridgehead atoms. The van der Waals surface area contributed by atoms with Crippen molar-refractivity contribution in [2.45, 2.75) is 32.4 Å². The fourth-order valence-electron chi connectivity index (χ4n) is 2.58. The molecule has 0 spiro atoms. The Bertz CT molecular complexity index is 598. The molecule has 1 unspecified atom stereocenters. The molecular formula is C15H16ClN3. The number of benzene rings is 1. The molecule has 0 aliphatic heterocycles. The van der Waals surface area contributed by atoms with Gasteiger partial charge in [0.2, 0.25) is 0 Å². The summed E-state index contributed by atoms with van der Waals surface area (Å²) in [6.45, 7) is 2.70. The molecule has 0 fully saturated rings. The van der Waals surface area contributed by atoms with Crippen LogP contribution in [0.25, 0.3) is 0 Å². The first-order chi connectivity index (χ1) is 9.20. The standard InChI is InChI=1S/C15H16ClN3/c1-10-17-5-4-14(19-10)9-18-15-7-11-2-3-13(16)6-12(11)8-15/h2-6,15,18H,7-9H2,1H3. The lowest BCUT2D eigenvalue weighted by Crippen LogP contribution is -2.29. The van der Waals surface area contributed by atoms with E-state index in [1.54, 1.807) is 0 Å². The van der Waals surface area contributed by atoms with Crippen molar-refractivity contribution in [2.75, 3.05) is 0 Å². The first kappa shape index (κ1) is 12.6. The summed E-state index contributed by atoms with van der Waals surface area (Å²) < 4.78 is 0. The van der Waals surface area contributed by atoms with Gasteiger partial charge in [-0.25, -0.2) is 9.97 Å². The minimum absolute atomic E-state index is 0.476. The van der Waals surface area contributed by atoms with E-state index in [2.05, 4.69) is 27.4 Å². The van der Waals surface area contributed by atoms with E-state index in [1.165, 1.54) is 11.1 Å². The summed E-state index contributed by atoms with van der Waals surface area (Å²) in [4.78, 5) is 8.51. The van der Waals surface area contributed by atoms with Crippen molar-refractivity contribution in [3.8, 4) is 0 Å². The van der Waals surface area contributed by atoms with Crippen LogP contribution in [-0.2, 0) is 19.4 Å². The second-order valence-corrected chi connectivity index (χ2v) is 5.43. The van der Waals surface area contributed by atoms with Crippen LogP contribution in [0.3, 0.4) is 0 Å². The number of halogens is 1. The Morgan fingerprint density at radius 2 is 2.11 bits per heavy atom. The Labute approximate surface area is 118 Å². The number of rotatable bonds is 3. The van der Waals surface area contributed by atoms with Gasteiger partial charge in [-0.15, -0.1) is 0 Å². The van der Waals surface area contributed by atoms with Crippen LogP contribution in [0.2, 0.25) is 5.02 Å². The first-order valence-corrected chi connectivity index (χ1v) is 6.88. The molecule has 1 aromatic heterocycles. The van der Waals surface area contributed by atoms with Crippen LogP contribution in [0, 0.1) is 6.92 Å². The monoisotopic (exact) mass is 273 g/mol. The molecule has 19 heavy (non-hydrogen) atoms. The van der Waals surface area contributed by atoms with E-state index < -0.39 is 0 Å². The highest BCUT2D eigenvalue weighted by Gasteiger charge is 2.20. The van der Waals surface area contributed by atoms with Crippen molar-refractivity contribution in [1.82, 2.24) is 15.3 Å². The zero-order chi connectivity index (χ0) is 13.2. The van der Waals surface area contributed by atoms with Crippen LogP contribution >= 0.6 is 11.6 Å². The third kappa shape index (κ3) is 2.94. The third-order valence-corrected chi connectivity index (χ3v) is 3.74. The lowest BCUT2D eigenvalue weighted by Gasteiger charge is -2.11. The Balaban J connectivity index is 1.62. The molecule has 0 saturated heterocycles. The molecule has 1 aliphatic carbocycles. The maximum atomic E-state index is 6.02. The van der Waals surface area contributed by atoms with E-state index in [9.17, 15) is 0 Å². The fraction of sp³-hybridized carbons (Fsp3) is 0.333. The lowest BCUT2D eigenvalue weighted by atomic mass is 10.1. The summed E-state index contributed by atoms with van der Waals surface area (Å²) in [5.41, 5.74) is 3.81. The van der Waals surface area contributed by atoms with E-state index in [-0.39, 0.29) is 0 Å². The van der Waals surface area contributed by atoms with Gasteiger partial charge in [0.05, 0.1) is 5.69 Å². The van der Waals surface area contributed by atoms with Crippen LogP contribution in [0.1, 0.15) is 22.6 Å². The van der Waals surface area contributed by atoms with Crippen molar-refractivity contribution < 1.29 is 0 Å². The minimum atomic E-state index is 0.476. The quantitative estimate of drug-likeness (QED) is 0.934. The molecule has 1 aromatic carbocycles. The summed E-state index contributed by atoms with van der Waals surface area (Å²) in [5.74, 6) is 0.820. The highest BCUT2D eigenvalue weighted by atomic mass is 35.5. The predicted octanol–water partition coefficient (Wildman–Crippen LogP) is 2.70. The zero-order valence-electron chi connectivity index (χ0n) is 10.9. The zero-order valence-corrected chi connectivity index (χ0v) is 11.6. The van der Waals surface area contributed by atoms with Crippen molar-refractivity contribution in [2.24, 2.45) is 0 Å². The third-order valence-electron chi connectivity index (χ3n) is 3.51. The normalized spacial score (nSPS) is 17.5. The van der Waals surface area contributed by atoms with Gasteiger partial charge in [-0.3, -0.25) is 0 Å². The summed E-state index contributed by atoms with van der Waals surface area (Å²) in [7, 11) is 0. The molecule has 1 aliphatic rings. The average Bonchev–Trinajstić information content (AvgIpc) is 2.78. The topological polar surface area (TPSA) is 37.8 Å². The smallest absolute Gasteiger partial charge is 0.125 e. The highest BCUT2D eigenvalue weighted by Crippen LogP contribution is 2.25. The molecule has 98 valence electrons. The van der Waals surface area contributed by atoms with Gasteiger partial charge >= 0.3 is 0 Å². The minimum Gasteiger partial charge on any atom is -0.308 e. The van der Waals surface area contributed by atoms with E-state index in [0.29, 0.717) is 6.04 Å². The van der Waals surface area contributed by atoms with E-state index in [0.717, 1.165) is 35.9 Å². The van der Waals surface area contributed by atoms with Gasteiger partial charge in [-0.05, 0) is 49.1 Å². The van der Waals surface area contributed by atoms with Crippen molar-refractivity contribution in [3.05, 3.63) is 58.1 Å². The summed E-state index contributed by atoms with van der Waals surface area (Å²) in [5, 5.41) is 4.38. The van der Waals surface area contributed by atoms with Crippen LogP contribution in [0.5, 0.6) is 0 Å². The molecule has 1 N–H and O–H groups in total. The number of aryl methyl sites for hydroxylation is 1. The molecule has 0 amide bonds. The number of hydrogen-bond acceptors (Lipinski definition) is 3. The molecule has 0 saturated carbocycles. The second-order valence-electron chi connectivity index (χ2n) is 4.99. The summed E-state index contributed by atoms with van der Waals surface area (Å²) in [6, 6.07) is 8.61. The van der Waals surface area contributed by atoms with Gasteiger partial charge in [0.15, 0.2) is 0 Å². The van der Waals surface area contributed by atoms with Gasteiger partial charge < -0.3 is 5.32 Å². The molecule has 2 aromatic rings. The van der Waals surface area contributed by atoms with Crippen LogP contribution in [0.4, 0.5) is 0 Å². The number of nitrogens with zero attached hydrogens (tertiary/aromatic N) is 2. The fourth-order valence-corrected chi connectivity index (χ4v) is 2.78. The van der Waals surface area contributed by atoms with Crippen molar-refractivity contribution in [3.63, 3.8) is 0 Å². The van der Waals surface area contributed by atoms with E-state index in [1.807, 2.05) is 25.3 Å².